The molecule has 2 aliphatic heterocycles. The molecule has 2 unspecified atom stereocenters. The van der Waals surface area contributed by atoms with Crippen molar-refractivity contribution in [3.05, 3.63) is 12.7 Å². The summed E-state index contributed by atoms with van der Waals surface area (Å²) in [6, 6.07) is 0. The van der Waals surface area contributed by atoms with E-state index >= 15 is 0 Å². The second-order valence-corrected chi connectivity index (χ2v) is 6.07. The topological polar surface area (TPSA) is 36.9 Å². The first kappa shape index (κ1) is 14.0. The van der Waals surface area contributed by atoms with Gasteiger partial charge in [0.1, 0.15) is 12.2 Å². The third kappa shape index (κ3) is 2.77. The van der Waals surface area contributed by atoms with Crippen LogP contribution in [0, 0.1) is 5.92 Å². The highest BCUT2D eigenvalue weighted by molar-refractivity contribution is 4.99. The molecule has 4 nitrogen and oxygen atoms in total. The van der Waals surface area contributed by atoms with Crippen molar-refractivity contribution < 1.29 is 18.9 Å². The third-order valence-electron chi connectivity index (χ3n) is 3.39. The Morgan fingerprint density at radius 1 is 1.00 bits per heavy atom. The average Bonchev–Trinajstić information content (AvgIpc) is 2.57. The predicted octanol–water partition coefficient (Wildman–Crippen LogP) is 2.48. The summed E-state index contributed by atoms with van der Waals surface area (Å²) in [5.74, 6) is -0.892. The molecule has 2 aliphatic rings. The van der Waals surface area contributed by atoms with Gasteiger partial charge in [-0.3, -0.25) is 0 Å². The van der Waals surface area contributed by atoms with E-state index in [-0.39, 0.29) is 24.2 Å². The summed E-state index contributed by atoms with van der Waals surface area (Å²) in [4.78, 5) is 0. The zero-order valence-corrected chi connectivity index (χ0v) is 11.9. The molecule has 0 bridgehead atoms. The van der Waals surface area contributed by atoms with E-state index in [2.05, 4.69) is 13.5 Å². The summed E-state index contributed by atoms with van der Waals surface area (Å²) < 4.78 is 23.5. The highest BCUT2D eigenvalue weighted by Gasteiger charge is 2.49. The molecule has 0 aromatic rings. The normalized spacial score (nSPS) is 42.7. The van der Waals surface area contributed by atoms with Crippen molar-refractivity contribution in [2.75, 3.05) is 6.61 Å². The Bertz CT molecular complexity index is 324. The van der Waals surface area contributed by atoms with Crippen LogP contribution in [0.15, 0.2) is 12.7 Å². The fraction of sp³-hybridized carbons (Fsp3) is 0.857. The van der Waals surface area contributed by atoms with Crippen LogP contribution in [0.1, 0.15) is 34.6 Å². The van der Waals surface area contributed by atoms with E-state index in [1.807, 2.05) is 27.7 Å². The summed E-state index contributed by atoms with van der Waals surface area (Å²) in [5.41, 5.74) is 0. The molecule has 2 fully saturated rings. The van der Waals surface area contributed by atoms with Crippen LogP contribution in [0.4, 0.5) is 0 Å². The van der Waals surface area contributed by atoms with E-state index in [9.17, 15) is 0 Å². The van der Waals surface area contributed by atoms with Gasteiger partial charge >= 0.3 is 0 Å². The number of hydrogen-bond donors (Lipinski definition) is 0. The summed E-state index contributed by atoms with van der Waals surface area (Å²) in [6.07, 6.45) is 1.48. The van der Waals surface area contributed by atoms with E-state index in [0.717, 1.165) is 0 Å². The third-order valence-corrected chi connectivity index (χ3v) is 3.39. The van der Waals surface area contributed by atoms with Gasteiger partial charge < -0.3 is 18.9 Å². The molecule has 0 saturated carbocycles. The Kier molecular flexibility index (Phi) is 3.58. The minimum absolute atomic E-state index is 0.0430. The minimum atomic E-state index is -0.588. The maximum Gasteiger partial charge on any atom is 0.164 e. The molecule has 0 aliphatic carbocycles. The van der Waals surface area contributed by atoms with Crippen molar-refractivity contribution in [3.8, 4) is 0 Å². The fourth-order valence-corrected chi connectivity index (χ4v) is 2.55. The van der Waals surface area contributed by atoms with Gasteiger partial charge in [0.25, 0.3) is 0 Å². The Balaban J connectivity index is 2.16. The van der Waals surface area contributed by atoms with E-state index in [0.29, 0.717) is 6.61 Å². The molecule has 18 heavy (non-hydrogen) atoms. The molecule has 0 spiro atoms. The van der Waals surface area contributed by atoms with Crippen LogP contribution in [0.25, 0.3) is 0 Å². The average molecular weight is 256 g/mol. The second kappa shape index (κ2) is 4.60. The van der Waals surface area contributed by atoms with E-state index in [1.54, 1.807) is 6.08 Å². The molecular formula is C14H24O4. The minimum Gasteiger partial charge on any atom is -0.350 e. The lowest BCUT2D eigenvalue weighted by Crippen LogP contribution is -2.52. The Labute approximate surface area is 109 Å². The predicted molar refractivity (Wildman–Crippen MR) is 68.1 cm³/mol. The van der Waals surface area contributed by atoms with Crippen LogP contribution in [0.5, 0.6) is 0 Å². The Morgan fingerprint density at radius 3 is 2.22 bits per heavy atom. The number of ether oxygens (including phenoxy) is 4. The summed E-state index contributed by atoms with van der Waals surface area (Å²) in [5, 5.41) is 0. The van der Waals surface area contributed by atoms with E-state index in [1.165, 1.54) is 0 Å². The monoisotopic (exact) mass is 256 g/mol. The lowest BCUT2D eigenvalue weighted by atomic mass is 9.95. The molecule has 2 saturated heterocycles. The highest BCUT2D eigenvalue weighted by Crippen LogP contribution is 2.37. The first-order valence-corrected chi connectivity index (χ1v) is 6.54. The maximum atomic E-state index is 6.02. The maximum absolute atomic E-state index is 6.02. The lowest BCUT2D eigenvalue weighted by molar-refractivity contribution is -0.310. The molecule has 4 atom stereocenters. The van der Waals surface area contributed by atoms with Gasteiger partial charge in [0.05, 0.1) is 12.7 Å². The van der Waals surface area contributed by atoms with Gasteiger partial charge in [-0.2, -0.15) is 0 Å². The van der Waals surface area contributed by atoms with Gasteiger partial charge in [-0.05, 0) is 27.7 Å². The van der Waals surface area contributed by atoms with Crippen LogP contribution < -0.4 is 0 Å². The zero-order valence-electron chi connectivity index (χ0n) is 11.9. The van der Waals surface area contributed by atoms with Crippen molar-refractivity contribution in [2.45, 2.75) is 64.5 Å². The fourth-order valence-electron chi connectivity index (χ4n) is 2.55. The summed E-state index contributed by atoms with van der Waals surface area (Å²) in [7, 11) is 0. The summed E-state index contributed by atoms with van der Waals surface area (Å²) in [6.45, 7) is 14.3. The standard InChI is InChI=1S/C14H24O4/c1-7-10-12(18-14(5,6)16-10)11-9(2)8-15-13(3,4)17-11/h7,9-12H,1,8H2,2-6H3/t9?,10?,11-,12-/m1/s1. The molecule has 2 rings (SSSR count). The van der Waals surface area contributed by atoms with Crippen LogP contribution in [0.2, 0.25) is 0 Å². The Morgan fingerprint density at radius 2 is 1.61 bits per heavy atom. The number of hydrogen-bond acceptors (Lipinski definition) is 4. The molecule has 2 heterocycles. The first-order chi connectivity index (χ1) is 8.24. The van der Waals surface area contributed by atoms with Gasteiger partial charge in [0, 0.05) is 5.92 Å². The first-order valence-electron chi connectivity index (χ1n) is 6.54. The van der Waals surface area contributed by atoms with E-state index < -0.39 is 11.6 Å². The van der Waals surface area contributed by atoms with E-state index in [4.69, 9.17) is 18.9 Å². The molecule has 0 N–H and O–H groups in total. The van der Waals surface area contributed by atoms with Crippen molar-refractivity contribution in [1.29, 1.82) is 0 Å². The van der Waals surface area contributed by atoms with Gasteiger partial charge in [0.2, 0.25) is 0 Å². The van der Waals surface area contributed by atoms with Crippen LogP contribution in [-0.4, -0.2) is 36.5 Å². The SMILES string of the molecule is C=CC1OC(C)(C)O[C@H]1[C@@H]1OC(C)(C)OCC1C. The zero-order chi connectivity index (χ0) is 13.6. The molecular weight excluding hydrogens is 232 g/mol. The van der Waals surface area contributed by atoms with Crippen molar-refractivity contribution >= 4 is 0 Å². The second-order valence-electron chi connectivity index (χ2n) is 6.07. The smallest absolute Gasteiger partial charge is 0.164 e. The van der Waals surface area contributed by atoms with Gasteiger partial charge in [-0.1, -0.05) is 13.0 Å². The molecule has 104 valence electrons. The van der Waals surface area contributed by atoms with Gasteiger partial charge in [0.15, 0.2) is 11.6 Å². The van der Waals surface area contributed by atoms with Crippen LogP contribution in [0.3, 0.4) is 0 Å². The quantitative estimate of drug-likeness (QED) is 0.711. The lowest BCUT2D eigenvalue weighted by Gasteiger charge is -2.42. The molecule has 0 amide bonds. The summed E-state index contributed by atoms with van der Waals surface area (Å²) >= 11 is 0. The highest BCUT2D eigenvalue weighted by atomic mass is 16.8. The van der Waals surface area contributed by atoms with Crippen molar-refractivity contribution in [3.63, 3.8) is 0 Å². The van der Waals surface area contributed by atoms with Crippen molar-refractivity contribution in [2.24, 2.45) is 5.92 Å². The number of rotatable bonds is 2. The molecule has 0 aromatic carbocycles. The largest absolute Gasteiger partial charge is 0.350 e. The van der Waals surface area contributed by atoms with Crippen LogP contribution >= 0.6 is 0 Å². The van der Waals surface area contributed by atoms with Crippen molar-refractivity contribution in [1.82, 2.24) is 0 Å². The Hall–Kier alpha value is -0.420. The van der Waals surface area contributed by atoms with Gasteiger partial charge in [-0.25, -0.2) is 0 Å². The van der Waals surface area contributed by atoms with Gasteiger partial charge in [-0.15, -0.1) is 6.58 Å². The molecule has 0 aromatic heterocycles. The molecule has 4 heteroatoms. The molecule has 0 radical (unpaired) electrons. The van der Waals surface area contributed by atoms with Crippen LogP contribution in [-0.2, 0) is 18.9 Å².